The van der Waals surface area contributed by atoms with Gasteiger partial charge in [-0.05, 0) is 0 Å². The van der Waals surface area contributed by atoms with Crippen molar-refractivity contribution in [3.05, 3.63) is 53.5 Å². The molecule has 3 rings (SSSR count). The molecule has 0 aliphatic heterocycles. The van der Waals surface area contributed by atoms with Gasteiger partial charge in [0, 0.05) is 18.6 Å². The molecule has 0 aliphatic carbocycles. The number of hydrogen-bond acceptors (Lipinski definition) is 4. The van der Waals surface area contributed by atoms with Gasteiger partial charge in [0.15, 0.2) is 17.4 Å². The molecule has 0 saturated heterocycles. The minimum atomic E-state index is -0.333. The maximum atomic E-state index is 7.98. The molecular weight excluding hydrogens is 278 g/mol. The second kappa shape index (κ2) is 5.73. The Kier molecular flexibility index (Phi) is 3.77. The van der Waals surface area contributed by atoms with E-state index >= 15 is 0 Å². The number of methoxy groups -OCH3 is 1. The van der Waals surface area contributed by atoms with Gasteiger partial charge in [0.05, 0.1) is 0 Å². The van der Waals surface area contributed by atoms with Crippen LogP contribution in [0.5, 0.6) is 0 Å². The normalized spacial score (nSPS) is 12.9. The van der Waals surface area contributed by atoms with Crippen molar-refractivity contribution in [2.45, 2.75) is 26.0 Å². The summed E-state index contributed by atoms with van der Waals surface area (Å²) in [6.45, 7) is 4.12. The Morgan fingerprint density at radius 3 is 2.59 bits per heavy atom. The van der Waals surface area contributed by atoms with Crippen LogP contribution in [-0.4, -0.2) is 26.6 Å². The zero-order valence-electron chi connectivity index (χ0n) is 12.9. The minimum absolute atomic E-state index is 0.188. The van der Waals surface area contributed by atoms with Crippen LogP contribution in [0.15, 0.2) is 36.7 Å². The third kappa shape index (κ3) is 2.42. The average molecular weight is 297 g/mol. The number of aromatic amines is 1. The zero-order valence-corrected chi connectivity index (χ0v) is 12.9. The molecule has 22 heavy (non-hydrogen) atoms. The first-order valence-corrected chi connectivity index (χ1v) is 7.21. The van der Waals surface area contributed by atoms with E-state index in [0.717, 1.165) is 11.4 Å². The van der Waals surface area contributed by atoms with Gasteiger partial charge in [0.2, 0.25) is 0 Å². The van der Waals surface area contributed by atoms with Crippen LogP contribution >= 0.6 is 0 Å². The SMILES string of the molecule is COC(c1ccccc1)n1cnc(=N)c2[nH]c(C(C)C)nc21. The first-order chi connectivity index (χ1) is 10.6. The number of nitrogens with zero attached hydrogens (tertiary/aromatic N) is 3. The second-order valence-corrected chi connectivity index (χ2v) is 5.47. The number of hydrogen-bond donors (Lipinski definition) is 2. The number of H-pyrrole nitrogens is 1. The fourth-order valence-electron chi connectivity index (χ4n) is 2.45. The van der Waals surface area contributed by atoms with Crippen LogP contribution in [0.1, 0.15) is 37.4 Å². The summed E-state index contributed by atoms with van der Waals surface area (Å²) in [5, 5.41) is 7.98. The summed E-state index contributed by atoms with van der Waals surface area (Å²) in [7, 11) is 1.65. The first kappa shape index (κ1) is 14.5. The predicted octanol–water partition coefficient (Wildman–Crippen LogP) is 2.56. The molecule has 6 heteroatoms. The van der Waals surface area contributed by atoms with Crippen molar-refractivity contribution >= 4 is 11.2 Å². The van der Waals surface area contributed by atoms with E-state index in [-0.39, 0.29) is 17.6 Å². The molecule has 1 unspecified atom stereocenters. The molecule has 2 heterocycles. The van der Waals surface area contributed by atoms with E-state index in [1.165, 1.54) is 0 Å². The van der Waals surface area contributed by atoms with Gasteiger partial charge in [0.25, 0.3) is 0 Å². The van der Waals surface area contributed by atoms with Crippen molar-refractivity contribution in [3.63, 3.8) is 0 Å². The molecule has 6 nitrogen and oxygen atoms in total. The Balaban J connectivity index is 2.21. The Hall–Kier alpha value is -2.47. The second-order valence-electron chi connectivity index (χ2n) is 5.47. The molecule has 2 N–H and O–H groups in total. The van der Waals surface area contributed by atoms with Crippen molar-refractivity contribution in [1.29, 1.82) is 5.41 Å². The number of rotatable bonds is 4. The van der Waals surface area contributed by atoms with Crippen molar-refractivity contribution in [2.75, 3.05) is 7.11 Å². The van der Waals surface area contributed by atoms with E-state index in [4.69, 9.17) is 10.1 Å². The van der Waals surface area contributed by atoms with Crippen LogP contribution in [-0.2, 0) is 4.74 Å². The summed E-state index contributed by atoms with van der Waals surface area (Å²) in [6.07, 6.45) is 1.27. The molecule has 0 fully saturated rings. The largest absolute Gasteiger partial charge is 0.357 e. The van der Waals surface area contributed by atoms with Gasteiger partial charge in [-0.15, -0.1) is 0 Å². The summed E-state index contributed by atoms with van der Waals surface area (Å²) in [4.78, 5) is 12.0. The quantitative estimate of drug-likeness (QED) is 0.776. The molecule has 0 amide bonds. The summed E-state index contributed by atoms with van der Waals surface area (Å²) < 4.78 is 7.50. The molecule has 1 aromatic carbocycles. The number of ether oxygens (including phenoxy) is 1. The maximum Gasteiger partial charge on any atom is 0.173 e. The predicted molar refractivity (Wildman–Crippen MR) is 83.4 cm³/mol. The van der Waals surface area contributed by atoms with E-state index in [9.17, 15) is 0 Å². The number of nitrogens with one attached hydrogen (secondary N) is 2. The molecule has 0 saturated carbocycles. The van der Waals surface area contributed by atoms with E-state index in [1.54, 1.807) is 13.4 Å². The molecule has 0 aliphatic rings. The van der Waals surface area contributed by atoms with Crippen LogP contribution in [0.3, 0.4) is 0 Å². The molecule has 2 aromatic heterocycles. The van der Waals surface area contributed by atoms with Crippen LogP contribution in [0.25, 0.3) is 11.2 Å². The molecular formula is C16H19N5O. The van der Waals surface area contributed by atoms with E-state index in [2.05, 4.69) is 28.8 Å². The highest BCUT2D eigenvalue weighted by Crippen LogP contribution is 2.22. The lowest BCUT2D eigenvalue weighted by Gasteiger charge is -2.19. The van der Waals surface area contributed by atoms with Gasteiger partial charge in [0.1, 0.15) is 17.7 Å². The van der Waals surface area contributed by atoms with Crippen LogP contribution in [0.2, 0.25) is 0 Å². The number of benzene rings is 1. The average Bonchev–Trinajstić information content (AvgIpc) is 2.98. The summed E-state index contributed by atoms with van der Waals surface area (Å²) in [5.41, 5.74) is 2.50. The van der Waals surface area contributed by atoms with E-state index in [1.807, 2.05) is 34.9 Å². The van der Waals surface area contributed by atoms with E-state index in [0.29, 0.717) is 11.2 Å². The zero-order chi connectivity index (χ0) is 15.7. The molecule has 0 radical (unpaired) electrons. The Morgan fingerprint density at radius 1 is 1.23 bits per heavy atom. The van der Waals surface area contributed by atoms with Crippen LogP contribution < -0.4 is 5.49 Å². The van der Waals surface area contributed by atoms with Gasteiger partial charge in [-0.1, -0.05) is 44.2 Å². The highest BCUT2D eigenvalue weighted by Gasteiger charge is 2.18. The van der Waals surface area contributed by atoms with Crippen LogP contribution in [0.4, 0.5) is 0 Å². The topological polar surface area (TPSA) is 79.6 Å². The smallest absolute Gasteiger partial charge is 0.173 e. The van der Waals surface area contributed by atoms with Crippen molar-refractivity contribution in [1.82, 2.24) is 19.5 Å². The summed E-state index contributed by atoms with van der Waals surface area (Å²) >= 11 is 0. The standard InChI is InChI=1S/C16H19N5O/c1-10(2)14-19-12-13(17)18-9-21(15(12)20-14)16(22-3)11-7-5-4-6-8-11/h4-10,16-17H,1-3H3,(H,19,20). The lowest BCUT2D eigenvalue weighted by Crippen LogP contribution is -2.19. The molecule has 3 aromatic rings. The van der Waals surface area contributed by atoms with Crippen molar-refractivity contribution in [2.24, 2.45) is 0 Å². The highest BCUT2D eigenvalue weighted by molar-refractivity contribution is 5.69. The third-order valence-electron chi connectivity index (χ3n) is 3.60. The molecule has 1 atom stereocenters. The Morgan fingerprint density at radius 2 is 1.95 bits per heavy atom. The molecule has 0 bridgehead atoms. The Labute approximate surface area is 128 Å². The third-order valence-corrected chi connectivity index (χ3v) is 3.60. The van der Waals surface area contributed by atoms with Gasteiger partial charge < -0.3 is 9.72 Å². The maximum absolute atomic E-state index is 7.98. The fraction of sp³-hybridized carbons (Fsp3) is 0.312. The van der Waals surface area contributed by atoms with Crippen LogP contribution in [0, 0.1) is 5.41 Å². The monoisotopic (exact) mass is 297 g/mol. The van der Waals surface area contributed by atoms with Gasteiger partial charge >= 0.3 is 0 Å². The molecule has 0 spiro atoms. The number of imidazole rings is 1. The minimum Gasteiger partial charge on any atom is -0.357 e. The van der Waals surface area contributed by atoms with Crippen molar-refractivity contribution in [3.8, 4) is 0 Å². The molecule has 114 valence electrons. The lowest BCUT2D eigenvalue weighted by atomic mass is 10.2. The van der Waals surface area contributed by atoms with Crippen molar-refractivity contribution < 1.29 is 4.74 Å². The summed E-state index contributed by atoms with van der Waals surface area (Å²) in [6, 6.07) is 9.90. The number of aromatic nitrogens is 4. The van der Waals surface area contributed by atoms with Gasteiger partial charge in [-0.2, -0.15) is 0 Å². The highest BCUT2D eigenvalue weighted by atomic mass is 16.5. The van der Waals surface area contributed by atoms with E-state index < -0.39 is 0 Å². The lowest BCUT2D eigenvalue weighted by molar-refractivity contribution is 0.0804. The fourth-order valence-corrected chi connectivity index (χ4v) is 2.45. The summed E-state index contributed by atoms with van der Waals surface area (Å²) in [5.74, 6) is 1.09. The Bertz CT molecular complexity index is 835. The van der Waals surface area contributed by atoms with Gasteiger partial charge in [-0.3, -0.25) is 9.98 Å². The van der Waals surface area contributed by atoms with Gasteiger partial charge in [-0.25, -0.2) is 9.97 Å². The number of fused-ring (bicyclic) bond motifs is 1. The first-order valence-electron chi connectivity index (χ1n) is 7.21.